The van der Waals surface area contributed by atoms with E-state index in [1.807, 2.05) is 35.1 Å². The first kappa shape index (κ1) is 16.7. The van der Waals surface area contributed by atoms with Crippen LogP contribution in [0.1, 0.15) is 12.5 Å². The summed E-state index contributed by atoms with van der Waals surface area (Å²) < 4.78 is 1.84. The van der Waals surface area contributed by atoms with Gasteiger partial charge in [-0.1, -0.05) is 30.3 Å². The van der Waals surface area contributed by atoms with Crippen molar-refractivity contribution in [3.63, 3.8) is 0 Å². The van der Waals surface area contributed by atoms with Gasteiger partial charge >= 0.3 is 0 Å². The number of carbonyl (C=O) groups is 1. The van der Waals surface area contributed by atoms with Crippen LogP contribution in [-0.2, 0) is 11.3 Å². The van der Waals surface area contributed by atoms with Crippen LogP contribution in [0.5, 0.6) is 0 Å². The highest BCUT2D eigenvalue weighted by molar-refractivity contribution is 5.91. The van der Waals surface area contributed by atoms with E-state index in [1.54, 1.807) is 0 Å². The van der Waals surface area contributed by atoms with Gasteiger partial charge in [-0.2, -0.15) is 5.10 Å². The Labute approximate surface area is 143 Å². The van der Waals surface area contributed by atoms with Crippen molar-refractivity contribution in [3.8, 4) is 0 Å². The number of aromatic nitrogens is 2. The van der Waals surface area contributed by atoms with Gasteiger partial charge in [0.05, 0.1) is 13.1 Å². The van der Waals surface area contributed by atoms with Crippen molar-refractivity contribution in [1.82, 2.24) is 19.6 Å². The van der Waals surface area contributed by atoms with E-state index in [9.17, 15) is 4.79 Å². The molecule has 2 heterocycles. The number of likely N-dealkylation sites (N-methyl/N-ethyl adjacent to an activating group) is 1. The maximum Gasteiger partial charge on any atom is 0.239 e. The van der Waals surface area contributed by atoms with Crippen molar-refractivity contribution < 1.29 is 4.79 Å². The number of piperazine rings is 1. The summed E-state index contributed by atoms with van der Waals surface area (Å²) in [4.78, 5) is 16.8. The van der Waals surface area contributed by atoms with Crippen LogP contribution in [0.25, 0.3) is 0 Å². The third-order valence-electron chi connectivity index (χ3n) is 4.41. The Morgan fingerprint density at radius 1 is 1.25 bits per heavy atom. The second-order valence-electron chi connectivity index (χ2n) is 6.51. The standard InChI is InChI=1S/C18H25N5O/c1-15-12-21(2)10-11-22(15)14-18(24)19-17-8-9-23(20-17)13-16-6-4-3-5-7-16/h3-9,15H,10-14H2,1-2H3,(H,19,20,24)/t15-/m0/s1. The summed E-state index contributed by atoms with van der Waals surface area (Å²) in [5.41, 5.74) is 1.18. The molecule has 1 aromatic carbocycles. The first-order valence-corrected chi connectivity index (χ1v) is 8.40. The number of amides is 1. The highest BCUT2D eigenvalue weighted by Gasteiger charge is 2.23. The lowest BCUT2D eigenvalue weighted by Crippen LogP contribution is -2.52. The summed E-state index contributed by atoms with van der Waals surface area (Å²) in [6, 6.07) is 12.4. The molecule has 1 atom stereocenters. The number of anilines is 1. The zero-order valence-corrected chi connectivity index (χ0v) is 14.4. The van der Waals surface area contributed by atoms with E-state index in [4.69, 9.17) is 0 Å². The Morgan fingerprint density at radius 2 is 2.04 bits per heavy atom. The summed E-state index contributed by atoms with van der Waals surface area (Å²) in [6.45, 7) is 6.21. The number of hydrogen-bond acceptors (Lipinski definition) is 4. The minimum Gasteiger partial charge on any atom is -0.308 e. The number of hydrogen-bond donors (Lipinski definition) is 1. The zero-order chi connectivity index (χ0) is 16.9. The van der Waals surface area contributed by atoms with Crippen molar-refractivity contribution in [1.29, 1.82) is 0 Å². The minimum atomic E-state index is -0.00337. The van der Waals surface area contributed by atoms with E-state index < -0.39 is 0 Å². The summed E-state index contributed by atoms with van der Waals surface area (Å²) in [5.74, 6) is 0.606. The minimum absolute atomic E-state index is 0.00337. The molecule has 1 aliphatic heterocycles. The molecular formula is C18H25N5O. The normalized spacial score (nSPS) is 19.3. The van der Waals surface area contributed by atoms with Gasteiger partial charge in [0.1, 0.15) is 0 Å². The van der Waals surface area contributed by atoms with E-state index in [2.05, 4.69) is 46.3 Å². The monoisotopic (exact) mass is 327 g/mol. The molecule has 0 saturated carbocycles. The van der Waals surface area contributed by atoms with E-state index in [-0.39, 0.29) is 5.91 Å². The Bertz CT molecular complexity index is 669. The van der Waals surface area contributed by atoms with E-state index in [0.29, 0.717) is 24.9 Å². The second-order valence-corrected chi connectivity index (χ2v) is 6.51. The lowest BCUT2D eigenvalue weighted by molar-refractivity contribution is -0.118. The van der Waals surface area contributed by atoms with Crippen LogP contribution in [0.4, 0.5) is 5.82 Å². The molecule has 1 aromatic heterocycles. The van der Waals surface area contributed by atoms with Crippen LogP contribution in [0.15, 0.2) is 42.6 Å². The number of nitrogens with one attached hydrogen (secondary N) is 1. The molecule has 3 rings (SSSR count). The van der Waals surface area contributed by atoms with Gasteiger partial charge in [0.25, 0.3) is 0 Å². The molecule has 0 radical (unpaired) electrons. The molecule has 1 aliphatic rings. The van der Waals surface area contributed by atoms with E-state index in [0.717, 1.165) is 19.6 Å². The Hall–Kier alpha value is -2.18. The molecule has 6 heteroatoms. The summed E-state index contributed by atoms with van der Waals surface area (Å²) >= 11 is 0. The average molecular weight is 327 g/mol. The van der Waals surface area contributed by atoms with Crippen LogP contribution >= 0.6 is 0 Å². The molecule has 1 saturated heterocycles. The van der Waals surface area contributed by atoms with Crippen molar-refractivity contribution in [2.45, 2.75) is 19.5 Å². The molecule has 128 valence electrons. The third-order valence-corrected chi connectivity index (χ3v) is 4.41. The lowest BCUT2D eigenvalue weighted by atomic mass is 10.2. The summed E-state index contributed by atoms with van der Waals surface area (Å²) in [5, 5.41) is 7.33. The fourth-order valence-corrected chi connectivity index (χ4v) is 3.07. The molecule has 0 spiro atoms. The second kappa shape index (κ2) is 7.59. The van der Waals surface area contributed by atoms with Crippen LogP contribution in [0, 0.1) is 0 Å². The maximum absolute atomic E-state index is 12.3. The molecule has 1 N–H and O–H groups in total. The number of benzene rings is 1. The highest BCUT2D eigenvalue weighted by Crippen LogP contribution is 2.09. The molecule has 0 aliphatic carbocycles. The van der Waals surface area contributed by atoms with Gasteiger partial charge in [0.15, 0.2) is 5.82 Å². The Morgan fingerprint density at radius 3 is 2.79 bits per heavy atom. The first-order valence-electron chi connectivity index (χ1n) is 8.40. The SMILES string of the molecule is C[C@H]1CN(C)CCN1CC(=O)Nc1ccn(Cc2ccccc2)n1. The van der Waals surface area contributed by atoms with Gasteiger partial charge in [-0.3, -0.25) is 14.4 Å². The van der Waals surface area contributed by atoms with Crippen molar-refractivity contribution in [2.75, 3.05) is 38.5 Å². The Balaban J connectivity index is 1.52. The van der Waals surface area contributed by atoms with Crippen LogP contribution in [0.3, 0.4) is 0 Å². The molecule has 0 bridgehead atoms. The zero-order valence-electron chi connectivity index (χ0n) is 14.4. The van der Waals surface area contributed by atoms with Gasteiger partial charge < -0.3 is 10.2 Å². The van der Waals surface area contributed by atoms with Crippen molar-refractivity contribution >= 4 is 11.7 Å². The predicted molar refractivity (Wildman–Crippen MR) is 94.9 cm³/mol. The molecule has 1 fully saturated rings. The quantitative estimate of drug-likeness (QED) is 0.904. The summed E-state index contributed by atoms with van der Waals surface area (Å²) in [7, 11) is 2.12. The third kappa shape index (κ3) is 4.43. The highest BCUT2D eigenvalue weighted by atomic mass is 16.2. The van der Waals surface area contributed by atoms with Crippen LogP contribution in [-0.4, -0.2) is 64.8 Å². The first-order chi connectivity index (χ1) is 11.6. The molecule has 1 amide bonds. The Kier molecular flexibility index (Phi) is 5.27. The van der Waals surface area contributed by atoms with Gasteiger partial charge in [0, 0.05) is 37.9 Å². The van der Waals surface area contributed by atoms with Gasteiger partial charge in [-0.25, -0.2) is 0 Å². The topological polar surface area (TPSA) is 53.4 Å². The average Bonchev–Trinajstić information content (AvgIpc) is 2.98. The van der Waals surface area contributed by atoms with Crippen LogP contribution in [0.2, 0.25) is 0 Å². The van der Waals surface area contributed by atoms with Gasteiger partial charge in [-0.05, 0) is 19.5 Å². The molecule has 6 nitrogen and oxygen atoms in total. The van der Waals surface area contributed by atoms with E-state index in [1.165, 1.54) is 5.56 Å². The molecule has 2 aromatic rings. The summed E-state index contributed by atoms with van der Waals surface area (Å²) in [6.07, 6.45) is 1.89. The molecule has 24 heavy (non-hydrogen) atoms. The van der Waals surface area contributed by atoms with Crippen molar-refractivity contribution in [3.05, 3.63) is 48.2 Å². The smallest absolute Gasteiger partial charge is 0.239 e. The number of rotatable bonds is 5. The fourth-order valence-electron chi connectivity index (χ4n) is 3.07. The van der Waals surface area contributed by atoms with Crippen molar-refractivity contribution in [2.24, 2.45) is 0 Å². The predicted octanol–water partition coefficient (Wildman–Crippen LogP) is 1.51. The molecule has 0 unspecified atom stereocenters. The van der Waals surface area contributed by atoms with E-state index >= 15 is 0 Å². The lowest BCUT2D eigenvalue weighted by Gasteiger charge is -2.37. The number of carbonyl (C=O) groups excluding carboxylic acids is 1. The van der Waals surface area contributed by atoms with Gasteiger partial charge in [0.2, 0.25) is 5.91 Å². The molecular weight excluding hydrogens is 302 g/mol. The maximum atomic E-state index is 12.3. The largest absolute Gasteiger partial charge is 0.308 e. The number of nitrogens with zero attached hydrogens (tertiary/aromatic N) is 4. The van der Waals surface area contributed by atoms with Crippen LogP contribution < -0.4 is 5.32 Å². The van der Waals surface area contributed by atoms with Gasteiger partial charge in [-0.15, -0.1) is 0 Å². The fraction of sp³-hybridized carbons (Fsp3) is 0.444.